The molecule has 29 heavy (non-hydrogen) atoms. The molecular weight excluding hydrogens is 388 g/mol. The first kappa shape index (κ1) is 21.1. The van der Waals surface area contributed by atoms with Crippen molar-refractivity contribution in [1.29, 1.82) is 0 Å². The Kier molecular flexibility index (Phi) is 6.40. The van der Waals surface area contributed by atoms with Gasteiger partial charge in [-0.2, -0.15) is 0 Å². The minimum Gasteiger partial charge on any atom is -0.455 e. The Balaban J connectivity index is 0.00000240. The molecule has 152 valence electrons. The fourth-order valence-electron chi connectivity index (χ4n) is 3.99. The first-order chi connectivity index (χ1) is 13.6. The van der Waals surface area contributed by atoms with Crippen LogP contribution in [0.1, 0.15) is 22.3 Å². The maximum Gasteiger partial charge on any atom is 0.257 e. The van der Waals surface area contributed by atoms with Gasteiger partial charge in [0.1, 0.15) is 5.76 Å². The molecule has 0 spiro atoms. The normalized spacial score (nSPS) is 16.1. The van der Waals surface area contributed by atoms with Crippen molar-refractivity contribution in [2.24, 2.45) is 5.92 Å². The fraction of sp³-hybridized carbons (Fsp3) is 0.304. The number of rotatable bonds is 4. The predicted molar refractivity (Wildman–Crippen MR) is 118 cm³/mol. The summed E-state index contributed by atoms with van der Waals surface area (Å²) in [5.41, 5.74) is 2.12. The van der Waals surface area contributed by atoms with Gasteiger partial charge in [-0.05, 0) is 45.0 Å². The Bertz CT molecular complexity index is 1080. The quantitative estimate of drug-likeness (QED) is 0.706. The summed E-state index contributed by atoms with van der Waals surface area (Å²) in [5, 5.41) is 3.63. The second kappa shape index (κ2) is 8.80. The molecule has 0 radical (unpaired) electrons. The Morgan fingerprint density at radius 3 is 2.66 bits per heavy atom. The molecule has 0 aliphatic carbocycles. The van der Waals surface area contributed by atoms with Gasteiger partial charge >= 0.3 is 0 Å². The highest BCUT2D eigenvalue weighted by atomic mass is 35.5. The standard InChI is InChI=1S/C23H24N2O3.ClH/c1-15-20(26)18-9-6-10-19(23(27)25-12-11-16(14-25)13-24-2)22(18)28-21(15)17-7-4-3-5-8-17;/h3-10,16,24H,11-14H2,1-2H3;1H. The van der Waals surface area contributed by atoms with Gasteiger partial charge in [0.2, 0.25) is 0 Å². The summed E-state index contributed by atoms with van der Waals surface area (Å²) >= 11 is 0. The van der Waals surface area contributed by atoms with E-state index in [2.05, 4.69) is 5.32 Å². The molecule has 1 unspecified atom stereocenters. The van der Waals surface area contributed by atoms with Crippen LogP contribution in [0.3, 0.4) is 0 Å². The lowest BCUT2D eigenvalue weighted by atomic mass is 10.0. The number of likely N-dealkylation sites (tertiary alicyclic amines) is 1. The Hall–Kier alpha value is -2.63. The van der Waals surface area contributed by atoms with Crippen LogP contribution in [0.15, 0.2) is 57.7 Å². The lowest BCUT2D eigenvalue weighted by molar-refractivity contribution is 0.0788. The van der Waals surface area contributed by atoms with E-state index >= 15 is 0 Å². The number of nitrogens with one attached hydrogen (secondary N) is 1. The molecule has 6 heteroatoms. The van der Waals surface area contributed by atoms with Crippen LogP contribution in [0.2, 0.25) is 0 Å². The van der Waals surface area contributed by atoms with Crippen LogP contribution in [0.25, 0.3) is 22.3 Å². The third kappa shape index (κ3) is 3.93. The van der Waals surface area contributed by atoms with Crippen molar-refractivity contribution in [2.45, 2.75) is 13.3 Å². The molecule has 1 saturated heterocycles. The van der Waals surface area contributed by atoms with Gasteiger partial charge in [0.15, 0.2) is 11.0 Å². The first-order valence-corrected chi connectivity index (χ1v) is 9.66. The second-order valence-corrected chi connectivity index (χ2v) is 7.40. The molecule has 0 bridgehead atoms. The number of amides is 1. The van der Waals surface area contributed by atoms with E-state index < -0.39 is 0 Å². The van der Waals surface area contributed by atoms with Crippen LogP contribution < -0.4 is 10.7 Å². The molecular formula is C23H25ClN2O3. The smallest absolute Gasteiger partial charge is 0.257 e. The Morgan fingerprint density at radius 2 is 1.93 bits per heavy atom. The maximum absolute atomic E-state index is 13.2. The van der Waals surface area contributed by atoms with Crippen molar-refractivity contribution in [1.82, 2.24) is 10.2 Å². The molecule has 1 N–H and O–H groups in total. The molecule has 1 fully saturated rings. The maximum atomic E-state index is 13.2. The largest absolute Gasteiger partial charge is 0.455 e. The highest BCUT2D eigenvalue weighted by molar-refractivity contribution is 6.05. The number of carbonyl (C=O) groups excluding carboxylic acids is 1. The topological polar surface area (TPSA) is 62.6 Å². The summed E-state index contributed by atoms with van der Waals surface area (Å²) in [4.78, 5) is 28.0. The number of para-hydroxylation sites is 1. The third-order valence-electron chi connectivity index (χ3n) is 5.48. The van der Waals surface area contributed by atoms with Crippen LogP contribution >= 0.6 is 12.4 Å². The highest BCUT2D eigenvalue weighted by Gasteiger charge is 2.28. The number of hydrogen-bond donors (Lipinski definition) is 1. The van der Waals surface area contributed by atoms with E-state index in [0.717, 1.165) is 31.6 Å². The zero-order chi connectivity index (χ0) is 19.7. The van der Waals surface area contributed by atoms with E-state index in [9.17, 15) is 9.59 Å². The average Bonchev–Trinajstić information content (AvgIpc) is 3.19. The lowest BCUT2D eigenvalue weighted by Crippen LogP contribution is -2.30. The van der Waals surface area contributed by atoms with E-state index in [1.165, 1.54) is 0 Å². The van der Waals surface area contributed by atoms with Gasteiger partial charge < -0.3 is 14.6 Å². The summed E-state index contributed by atoms with van der Waals surface area (Å²) in [6.45, 7) is 4.11. The second-order valence-electron chi connectivity index (χ2n) is 7.40. The van der Waals surface area contributed by atoms with Crippen LogP contribution in [0.5, 0.6) is 0 Å². The summed E-state index contributed by atoms with van der Waals surface area (Å²) < 4.78 is 6.19. The summed E-state index contributed by atoms with van der Waals surface area (Å²) in [5.74, 6) is 0.904. The molecule has 0 saturated carbocycles. The van der Waals surface area contributed by atoms with E-state index in [1.54, 1.807) is 25.1 Å². The van der Waals surface area contributed by atoms with Crippen molar-refractivity contribution in [3.05, 3.63) is 69.9 Å². The van der Waals surface area contributed by atoms with Crippen LogP contribution in [-0.2, 0) is 0 Å². The molecule has 3 aromatic rings. The van der Waals surface area contributed by atoms with E-state index in [1.807, 2.05) is 42.3 Å². The zero-order valence-electron chi connectivity index (χ0n) is 16.6. The Morgan fingerprint density at radius 1 is 1.17 bits per heavy atom. The van der Waals surface area contributed by atoms with Gasteiger partial charge in [-0.15, -0.1) is 12.4 Å². The first-order valence-electron chi connectivity index (χ1n) is 9.66. The number of fused-ring (bicyclic) bond motifs is 1. The summed E-state index contributed by atoms with van der Waals surface area (Å²) in [6, 6.07) is 14.8. The number of nitrogens with zero attached hydrogens (tertiary/aromatic N) is 1. The molecule has 1 aromatic heterocycles. The minimum atomic E-state index is -0.0933. The highest BCUT2D eigenvalue weighted by Crippen LogP contribution is 2.28. The monoisotopic (exact) mass is 412 g/mol. The molecule has 1 atom stereocenters. The number of benzene rings is 2. The van der Waals surface area contributed by atoms with Gasteiger partial charge in [-0.3, -0.25) is 9.59 Å². The van der Waals surface area contributed by atoms with Gasteiger partial charge in [-0.1, -0.05) is 36.4 Å². The predicted octanol–water partition coefficient (Wildman–Crippen LogP) is 3.87. The van der Waals surface area contributed by atoms with Crippen LogP contribution in [0, 0.1) is 12.8 Å². The number of halogens is 1. The zero-order valence-corrected chi connectivity index (χ0v) is 17.4. The van der Waals surface area contributed by atoms with Gasteiger partial charge in [0.25, 0.3) is 5.91 Å². The molecule has 2 aromatic carbocycles. The lowest BCUT2D eigenvalue weighted by Gasteiger charge is -2.18. The summed E-state index contributed by atoms with van der Waals surface area (Å²) in [6.07, 6.45) is 0.982. The number of hydrogen-bond acceptors (Lipinski definition) is 4. The van der Waals surface area contributed by atoms with E-state index in [4.69, 9.17) is 4.42 Å². The Labute approximate surface area is 176 Å². The van der Waals surface area contributed by atoms with Crippen molar-refractivity contribution in [3.8, 4) is 11.3 Å². The minimum absolute atomic E-state index is 0. The van der Waals surface area contributed by atoms with Crippen molar-refractivity contribution >= 4 is 29.3 Å². The molecule has 2 heterocycles. The van der Waals surface area contributed by atoms with Gasteiger partial charge in [0.05, 0.1) is 10.9 Å². The number of carbonyl (C=O) groups is 1. The fourth-order valence-corrected chi connectivity index (χ4v) is 3.99. The van der Waals surface area contributed by atoms with Gasteiger partial charge in [0, 0.05) is 24.2 Å². The molecule has 5 nitrogen and oxygen atoms in total. The SMILES string of the molecule is CNCC1CCN(C(=O)c2cccc3c(=O)c(C)c(-c4ccccc4)oc23)C1.Cl. The molecule has 1 amide bonds. The van der Waals surface area contributed by atoms with Crippen LogP contribution in [0.4, 0.5) is 0 Å². The average molecular weight is 413 g/mol. The van der Waals surface area contributed by atoms with Crippen molar-refractivity contribution < 1.29 is 9.21 Å². The van der Waals surface area contributed by atoms with E-state index in [0.29, 0.717) is 33.8 Å². The molecule has 1 aliphatic rings. The van der Waals surface area contributed by atoms with Gasteiger partial charge in [-0.25, -0.2) is 0 Å². The van der Waals surface area contributed by atoms with Crippen LogP contribution in [-0.4, -0.2) is 37.5 Å². The molecule has 1 aliphatic heterocycles. The summed E-state index contributed by atoms with van der Waals surface area (Å²) in [7, 11) is 1.93. The third-order valence-corrected chi connectivity index (χ3v) is 5.48. The van der Waals surface area contributed by atoms with Crippen molar-refractivity contribution in [2.75, 3.05) is 26.7 Å². The molecule has 4 rings (SSSR count). The van der Waals surface area contributed by atoms with E-state index in [-0.39, 0.29) is 23.7 Å². The van der Waals surface area contributed by atoms with Crippen molar-refractivity contribution in [3.63, 3.8) is 0 Å².